The Morgan fingerprint density at radius 3 is 2.70 bits per heavy atom. The molecule has 3 unspecified atom stereocenters. The summed E-state index contributed by atoms with van der Waals surface area (Å²) >= 11 is 0. The summed E-state index contributed by atoms with van der Waals surface area (Å²) in [5.41, 5.74) is -0.598. The van der Waals surface area contributed by atoms with E-state index in [1.54, 1.807) is 0 Å². The van der Waals surface area contributed by atoms with E-state index < -0.39 is 5.54 Å². The largest absolute Gasteiger partial charge is 0.468 e. The van der Waals surface area contributed by atoms with Crippen LogP contribution in [-0.2, 0) is 9.53 Å². The molecule has 1 fully saturated rings. The van der Waals surface area contributed by atoms with Crippen LogP contribution in [0.15, 0.2) is 0 Å². The summed E-state index contributed by atoms with van der Waals surface area (Å²) in [4.78, 5) is 14.6. The first-order valence-electron chi connectivity index (χ1n) is 8.01. The van der Waals surface area contributed by atoms with Gasteiger partial charge in [-0.05, 0) is 53.1 Å². The first-order valence-corrected chi connectivity index (χ1v) is 8.01. The lowest BCUT2D eigenvalue weighted by Gasteiger charge is -2.38. The molecule has 0 aromatic carbocycles. The molecule has 0 spiro atoms. The smallest absolute Gasteiger partial charge is 0.325 e. The molecule has 0 aromatic heterocycles. The zero-order valence-electron chi connectivity index (χ0n) is 13.9. The SMILES string of the molecule is CCC1CCCCCN1C(C)CC(C)(NC)C(=O)OC. The Balaban J connectivity index is 2.75. The van der Waals surface area contributed by atoms with Crippen LogP contribution in [-0.4, -0.2) is 49.2 Å². The van der Waals surface area contributed by atoms with Crippen LogP contribution in [0, 0.1) is 0 Å². The predicted molar refractivity (Wildman–Crippen MR) is 82.8 cm³/mol. The number of rotatable bonds is 6. The third kappa shape index (κ3) is 4.19. The average Bonchev–Trinajstić information content (AvgIpc) is 2.71. The summed E-state index contributed by atoms with van der Waals surface area (Å²) in [5.74, 6) is -0.172. The monoisotopic (exact) mass is 284 g/mol. The highest BCUT2D eigenvalue weighted by Gasteiger charge is 2.37. The Bertz CT molecular complexity index is 309. The summed E-state index contributed by atoms with van der Waals surface area (Å²) in [6, 6.07) is 1.04. The normalized spacial score (nSPS) is 25.6. The topological polar surface area (TPSA) is 41.6 Å². The molecule has 0 aliphatic carbocycles. The molecule has 118 valence electrons. The first-order chi connectivity index (χ1) is 9.48. The standard InChI is InChI=1S/C16H32N2O2/c1-6-14-10-8-7-9-11-18(14)13(2)12-16(3,17-4)15(19)20-5/h13-14,17H,6-12H2,1-5H3. The molecule has 1 heterocycles. The number of hydrogen-bond acceptors (Lipinski definition) is 4. The van der Waals surface area contributed by atoms with Gasteiger partial charge in [-0.25, -0.2) is 0 Å². The van der Waals surface area contributed by atoms with Crippen LogP contribution in [0.1, 0.15) is 59.3 Å². The van der Waals surface area contributed by atoms with Gasteiger partial charge >= 0.3 is 5.97 Å². The third-order valence-corrected chi connectivity index (χ3v) is 4.85. The summed E-state index contributed by atoms with van der Waals surface area (Å²) in [7, 11) is 3.30. The van der Waals surface area contributed by atoms with E-state index in [1.165, 1.54) is 39.2 Å². The molecule has 0 radical (unpaired) electrons. The number of nitrogens with one attached hydrogen (secondary N) is 1. The van der Waals surface area contributed by atoms with E-state index in [0.717, 1.165) is 13.0 Å². The minimum Gasteiger partial charge on any atom is -0.468 e. The number of esters is 1. The Labute approximate surface area is 124 Å². The Morgan fingerprint density at radius 2 is 2.15 bits per heavy atom. The highest BCUT2D eigenvalue weighted by atomic mass is 16.5. The molecular weight excluding hydrogens is 252 g/mol. The lowest BCUT2D eigenvalue weighted by molar-refractivity contribution is -0.148. The second-order valence-electron chi connectivity index (χ2n) is 6.28. The predicted octanol–water partition coefficient (Wildman–Crippen LogP) is 2.57. The van der Waals surface area contributed by atoms with E-state index >= 15 is 0 Å². The van der Waals surface area contributed by atoms with Gasteiger partial charge in [0.2, 0.25) is 0 Å². The van der Waals surface area contributed by atoms with E-state index in [4.69, 9.17) is 4.74 Å². The zero-order valence-corrected chi connectivity index (χ0v) is 13.9. The van der Waals surface area contributed by atoms with Crippen molar-refractivity contribution in [2.45, 2.75) is 76.9 Å². The molecule has 0 saturated carbocycles. The van der Waals surface area contributed by atoms with Crippen molar-refractivity contribution in [3.63, 3.8) is 0 Å². The summed E-state index contributed by atoms with van der Waals surface area (Å²) in [5, 5.41) is 3.15. The number of carbonyl (C=O) groups excluding carboxylic acids is 1. The number of ether oxygens (including phenoxy) is 1. The van der Waals surface area contributed by atoms with Gasteiger partial charge in [0.1, 0.15) is 5.54 Å². The highest BCUT2D eigenvalue weighted by molar-refractivity contribution is 5.80. The number of methoxy groups -OCH3 is 1. The minimum absolute atomic E-state index is 0.172. The van der Waals surface area contributed by atoms with Crippen molar-refractivity contribution in [1.82, 2.24) is 10.2 Å². The third-order valence-electron chi connectivity index (χ3n) is 4.85. The molecule has 20 heavy (non-hydrogen) atoms. The van der Waals surface area contributed by atoms with E-state index in [1.807, 2.05) is 14.0 Å². The van der Waals surface area contributed by atoms with Crippen LogP contribution in [0.25, 0.3) is 0 Å². The van der Waals surface area contributed by atoms with Crippen molar-refractivity contribution < 1.29 is 9.53 Å². The second kappa shape index (κ2) is 7.99. The number of likely N-dealkylation sites (tertiary alicyclic amines) is 1. The van der Waals surface area contributed by atoms with Crippen LogP contribution < -0.4 is 5.32 Å². The van der Waals surface area contributed by atoms with Crippen LogP contribution in [0.2, 0.25) is 0 Å². The second-order valence-corrected chi connectivity index (χ2v) is 6.28. The zero-order chi connectivity index (χ0) is 15.2. The van der Waals surface area contributed by atoms with Crippen LogP contribution in [0.4, 0.5) is 0 Å². The number of carbonyl (C=O) groups is 1. The van der Waals surface area contributed by atoms with Gasteiger partial charge in [0.15, 0.2) is 0 Å². The van der Waals surface area contributed by atoms with Gasteiger partial charge in [0.05, 0.1) is 7.11 Å². The lowest BCUT2D eigenvalue weighted by Crippen LogP contribution is -2.54. The van der Waals surface area contributed by atoms with Crippen molar-refractivity contribution in [1.29, 1.82) is 0 Å². The fourth-order valence-corrected chi connectivity index (χ4v) is 3.44. The molecule has 0 bridgehead atoms. The summed E-state index contributed by atoms with van der Waals surface area (Å²) < 4.78 is 4.95. The van der Waals surface area contributed by atoms with Crippen molar-refractivity contribution in [3.05, 3.63) is 0 Å². The quantitative estimate of drug-likeness (QED) is 0.761. The Morgan fingerprint density at radius 1 is 1.45 bits per heavy atom. The lowest BCUT2D eigenvalue weighted by atomic mass is 9.92. The molecule has 3 atom stereocenters. The molecular formula is C16H32N2O2. The van der Waals surface area contributed by atoms with Crippen LogP contribution in [0.3, 0.4) is 0 Å². The van der Waals surface area contributed by atoms with E-state index in [9.17, 15) is 4.79 Å². The molecule has 0 aromatic rings. The number of nitrogens with zero attached hydrogens (tertiary/aromatic N) is 1. The minimum atomic E-state index is -0.598. The molecule has 4 nitrogen and oxygen atoms in total. The molecule has 1 saturated heterocycles. The Hall–Kier alpha value is -0.610. The molecule has 1 rings (SSSR count). The molecule has 1 N–H and O–H groups in total. The molecule has 0 amide bonds. The van der Waals surface area contributed by atoms with Gasteiger partial charge in [-0.15, -0.1) is 0 Å². The average molecular weight is 284 g/mol. The van der Waals surface area contributed by atoms with Gasteiger partial charge < -0.3 is 10.1 Å². The van der Waals surface area contributed by atoms with Gasteiger partial charge in [-0.2, -0.15) is 0 Å². The van der Waals surface area contributed by atoms with Gasteiger partial charge in [0.25, 0.3) is 0 Å². The first kappa shape index (κ1) is 17.4. The molecule has 1 aliphatic rings. The maximum atomic E-state index is 12.0. The van der Waals surface area contributed by atoms with Crippen molar-refractivity contribution in [2.24, 2.45) is 0 Å². The number of hydrogen-bond donors (Lipinski definition) is 1. The Kier molecular flexibility index (Phi) is 6.96. The molecule has 4 heteroatoms. The van der Waals surface area contributed by atoms with Gasteiger partial charge in [0, 0.05) is 12.1 Å². The maximum absolute atomic E-state index is 12.0. The fourth-order valence-electron chi connectivity index (χ4n) is 3.44. The highest BCUT2D eigenvalue weighted by Crippen LogP contribution is 2.25. The molecule has 1 aliphatic heterocycles. The maximum Gasteiger partial charge on any atom is 0.325 e. The van der Waals surface area contributed by atoms with E-state index in [0.29, 0.717) is 12.1 Å². The number of likely N-dealkylation sites (N-methyl/N-ethyl adjacent to an activating group) is 1. The summed E-state index contributed by atoms with van der Waals surface area (Å²) in [6.45, 7) is 7.61. The fraction of sp³-hybridized carbons (Fsp3) is 0.938. The van der Waals surface area contributed by atoms with Gasteiger partial charge in [-0.3, -0.25) is 9.69 Å². The summed E-state index contributed by atoms with van der Waals surface area (Å²) in [6.07, 6.45) is 7.21. The van der Waals surface area contributed by atoms with Crippen LogP contribution in [0.5, 0.6) is 0 Å². The van der Waals surface area contributed by atoms with Gasteiger partial charge in [-0.1, -0.05) is 19.8 Å². The van der Waals surface area contributed by atoms with Crippen LogP contribution >= 0.6 is 0 Å². The van der Waals surface area contributed by atoms with E-state index in [2.05, 4.69) is 24.1 Å². The van der Waals surface area contributed by atoms with E-state index in [-0.39, 0.29) is 5.97 Å². The van der Waals surface area contributed by atoms with Crippen molar-refractivity contribution in [2.75, 3.05) is 20.7 Å². The van der Waals surface area contributed by atoms with Crippen molar-refractivity contribution in [3.8, 4) is 0 Å². The van der Waals surface area contributed by atoms with Crippen molar-refractivity contribution >= 4 is 5.97 Å².